The molecule has 3 rings (SSSR count). The van der Waals surface area contributed by atoms with Crippen LogP contribution in [0.5, 0.6) is 0 Å². The van der Waals surface area contributed by atoms with E-state index in [1.54, 1.807) is 31.2 Å². The van der Waals surface area contributed by atoms with Crippen molar-refractivity contribution in [1.82, 2.24) is 4.57 Å². The second-order valence-corrected chi connectivity index (χ2v) is 7.36. The highest BCUT2D eigenvalue weighted by atomic mass is 79.9. The van der Waals surface area contributed by atoms with E-state index in [2.05, 4.69) is 20.9 Å². The fraction of sp³-hybridized carbons (Fsp3) is 0.167. The molecule has 0 aliphatic carbocycles. The van der Waals surface area contributed by atoms with Crippen LogP contribution in [0.2, 0.25) is 0 Å². The smallest absolute Gasteiger partial charge is 0.326 e. The Labute approximate surface area is 165 Å². The number of benzene rings is 2. The molecule has 140 valence electrons. The summed E-state index contributed by atoms with van der Waals surface area (Å²) in [5.41, 5.74) is 0.311. The van der Waals surface area contributed by atoms with Crippen molar-refractivity contribution in [2.24, 2.45) is 4.99 Å². The largest absolute Gasteiger partial charge is 0.465 e. The van der Waals surface area contributed by atoms with E-state index in [0.717, 1.165) is 23.5 Å². The van der Waals surface area contributed by atoms with Crippen LogP contribution < -0.4 is 4.80 Å². The molecule has 3 aromatic rings. The Balaban J connectivity index is 2.17. The van der Waals surface area contributed by atoms with E-state index in [0.29, 0.717) is 10.0 Å². The lowest BCUT2D eigenvalue weighted by Gasteiger charge is -2.06. The Morgan fingerprint density at radius 3 is 2.74 bits per heavy atom. The van der Waals surface area contributed by atoms with Crippen LogP contribution in [0.4, 0.5) is 8.78 Å². The highest BCUT2D eigenvalue weighted by Crippen LogP contribution is 2.22. The van der Waals surface area contributed by atoms with Crippen molar-refractivity contribution in [3.05, 3.63) is 62.9 Å². The van der Waals surface area contributed by atoms with Crippen LogP contribution in [-0.2, 0) is 16.1 Å². The molecule has 1 heterocycles. The van der Waals surface area contributed by atoms with Gasteiger partial charge in [0.05, 0.1) is 16.8 Å². The molecule has 0 atom stereocenters. The minimum absolute atomic E-state index is 0.00440. The summed E-state index contributed by atoms with van der Waals surface area (Å²) in [6.45, 7) is 1.45. The van der Waals surface area contributed by atoms with E-state index in [4.69, 9.17) is 4.74 Å². The standard InChI is InChI=1S/C18H13BrF2N2O3S/c1-2-26-15(24)9-23-16-13(21)7-12(20)8-14(16)27-18(23)22-17(25)10-4-3-5-11(19)6-10/h3-8H,2,9H2,1H3. The second-order valence-electron chi connectivity index (χ2n) is 5.44. The average Bonchev–Trinajstić information content (AvgIpc) is 2.92. The van der Waals surface area contributed by atoms with Crippen molar-refractivity contribution in [3.63, 3.8) is 0 Å². The maximum atomic E-state index is 14.3. The van der Waals surface area contributed by atoms with Gasteiger partial charge in [-0.3, -0.25) is 9.59 Å². The Hall–Kier alpha value is -2.39. The number of rotatable bonds is 4. The fourth-order valence-corrected chi connectivity index (χ4v) is 3.94. The van der Waals surface area contributed by atoms with Gasteiger partial charge < -0.3 is 9.30 Å². The van der Waals surface area contributed by atoms with Crippen molar-refractivity contribution in [2.75, 3.05) is 6.61 Å². The summed E-state index contributed by atoms with van der Waals surface area (Å²) in [6.07, 6.45) is 0. The van der Waals surface area contributed by atoms with Gasteiger partial charge in [-0.05, 0) is 31.2 Å². The molecule has 2 aromatic carbocycles. The van der Waals surface area contributed by atoms with E-state index in [1.165, 1.54) is 4.57 Å². The topological polar surface area (TPSA) is 60.7 Å². The van der Waals surface area contributed by atoms with E-state index in [1.807, 2.05) is 0 Å². The summed E-state index contributed by atoms with van der Waals surface area (Å²) < 4.78 is 35.0. The van der Waals surface area contributed by atoms with Crippen molar-refractivity contribution in [2.45, 2.75) is 13.5 Å². The molecular formula is C18H13BrF2N2O3S. The third-order valence-corrected chi connectivity index (χ3v) is 5.08. The summed E-state index contributed by atoms with van der Waals surface area (Å²) >= 11 is 4.19. The van der Waals surface area contributed by atoms with Gasteiger partial charge in [0.2, 0.25) is 0 Å². The van der Waals surface area contributed by atoms with Gasteiger partial charge in [-0.2, -0.15) is 4.99 Å². The van der Waals surface area contributed by atoms with E-state index < -0.39 is 23.5 Å². The second kappa shape index (κ2) is 8.10. The van der Waals surface area contributed by atoms with Crippen molar-refractivity contribution < 1.29 is 23.1 Å². The van der Waals surface area contributed by atoms with Crippen molar-refractivity contribution in [3.8, 4) is 0 Å². The molecular weight excluding hydrogens is 442 g/mol. The zero-order valence-corrected chi connectivity index (χ0v) is 16.4. The van der Waals surface area contributed by atoms with Crippen molar-refractivity contribution >= 4 is 49.4 Å². The molecule has 0 saturated heterocycles. The number of halogens is 3. The molecule has 5 nitrogen and oxygen atoms in total. The van der Waals surface area contributed by atoms with Crippen LogP contribution in [0, 0.1) is 11.6 Å². The number of esters is 1. The highest BCUT2D eigenvalue weighted by Gasteiger charge is 2.17. The third-order valence-electron chi connectivity index (χ3n) is 3.56. The molecule has 0 N–H and O–H groups in total. The molecule has 0 spiro atoms. The lowest BCUT2D eigenvalue weighted by Crippen LogP contribution is -2.23. The number of aromatic nitrogens is 1. The van der Waals surface area contributed by atoms with Gasteiger partial charge >= 0.3 is 5.97 Å². The molecule has 0 saturated carbocycles. The molecule has 0 radical (unpaired) electrons. The van der Waals surface area contributed by atoms with Gasteiger partial charge in [-0.25, -0.2) is 8.78 Å². The predicted octanol–water partition coefficient (Wildman–Crippen LogP) is 4.05. The van der Waals surface area contributed by atoms with Gasteiger partial charge in [-0.15, -0.1) is 0 Å². The van der Waals surface area contributed by atoms with Gasteiger partial charge in [0.15, 0.2) is 10.6 Å². The third kappa shape index (κ3) is 4.30. The van der Waals surface area contributed by atoms with E-state index in [9.17, 15) is 18.4 Å². The summed E-state index contributed by atoms with van der Waals surface area (Å²) in [5.74, 6) is -2.78. The molecule has 0 aliphatic heterocycles. The van der Waals surface area contributed by atoms with Crippen LogP contribution in [0.1, 0.15) is 17.3 Å². The lowest BCUT2D eigenvalue weighted by molar-refractivity contribution is -0.143. The van der Waals surface area contributed by atoms with Crippen LogP contribution in [-0.4, -0.2) is 23.1 Å². The molecule has 0 bridgehead atoms. The molecule has 27 heavy (non-hydrogen) atoms. The Kier molecular flexibility index (Phi) is 5.81. The van der Waals surface area contributed by atoms with E-state index >= 15 is 0 Å². The zero-order valence-electron chi connectivity index (χ0n) is 14.0. The summed E-state index contributed by atoms with van der Waals surface area (Å²) in [4.78, 5) is 28.5. The zero-order chi connectivity index (χ0) is 19.6. The first-order valence-electron chi connectivity index (χ1n) is 7.87. The number of amides is 1. The Morgan fingerprint density at radius 2 is 2.04 bits per heavy atom. The maximum Gasteiger partial charge on any atom is 0.326 e. The highest BCUT2D eigenvalue weighted by molar-refractivity contribution is 9.10. The minimum atomic E-state index is -0.845. The Bertz CT molecular complexity index is 1110. The number of fused-ring (bicyclic) bond motifs is 1. The van der Waals surface area contributed by atoms with Crippen LogP contribution >= 0.6 is 27.3 Å². The first-order chi connectivity index (χ1) is 12.9. The van der Waals surface area contributed by atoms with Crippen LogP contribution in [0.25, 0.3) is 10.2 Å². The minimum Gasteiger partial charge on any atom is -0.465 e. The number of carbonyl (C=O) groups is 2. The molecule has 0 fully saturated rings. The van der Waals surface area contributed by atoms with E-state index in [-0.39, 0.29) is 28.2 Å². The van der Waals surface area contributed by atoms with Gasteiger partial charge in [-0.1, -0.05) is 33.3 Å². The SMILES string of the molecule is CCOC(=O)Cn1c(=NC(=O)c2cccc(Br)c2)sc2cc(F)cc(F)c21. The average molecular weight is 455 g/mol. The molecule has 0 aliphatic rings. The molecule has 1 aromatic heterocycles. The number of hydrogen-bond acceptors (Lipinski definition) is 4. The van der Waals surface area contributed by atoms with Crippen molar-refractivity contribution in [1.29, 1.82) is 0 Å². The summed E-state index contributed by atoms with van der Waals surface area (Å²) in [5, 5.41) is 0. The first-order valence-corrected chi connectivity index (χ1v) is 9.48. The van der Waals surface area contributed by atoms with Gasteiger partial charge in [0.1, 0.15) is 12.4 Å². The molecule has 9 heteroatoms. The van der Waals surface area contributed by atoms with Crippen LogP contribution in [0.3, 0.4) is 0 Å². The predicted molar refractivity (Wildman–Crippen MR) is 100 cm³/mol. The van der Waals surface area contributed by atoms with Crippen LogP contribution in [0.15, 0.2) is 45.9 Å². The molecule has 0 unspecified atom stereocenters. The normalized spacial score (nSPS) is 11.8. The number of carbonyl (C=O) groups excluding carboxylic acids is 2. The molecule has 1 amide bonds. The number of hydrogen-bond donors (Lipinski definition) is 0. The Morgan fingerprint density at radius 1 is 1.26 bits per heavy atom. The monoisotopic (exact) mass is 454 g/mol. The number of ether oxygens (including phenoxy) is 1. The lowest BCUT2D eigenvalue weighted by atomic mass is 10.2. The van der Waals surface area contributed by atoms with Gasteiger partial charge in [0, 0.05) is 16.1 Å². The number of thiazole rings is 1. The summed E-state index contributed by atoms with van der Waals surface area (Å²) in [6, 6.07) is 8.47. The van der Waals surface area contributed by atoms with Gasteiger partial charge in [0.25, 0.3) is 5.91 Å². The quantitative estimate of drug-likeness (QED) is 0.558. The first kappa shape index (κ1) is 19.4. The summed E-state index contributed by atoms with van der Waals surface area (Å²) in [7, 11) is 0. The number of nitrogens with zero attached hydrogens (tertiary/aromatic N) is 2. The maximum absolute atomic E-state index is 14.3. The fourth-order valence-electron chi connectivity index (χ4n) is 2.47.